The molecule has 2 saturated heterocycles. The van der Waals surface area contributed by atoms with Crippen molar-refractivity contribution in [3.05, 3.63) is 0 Å². The van der Waals surface area contributed by atoms with Crippen LogP contribution in [0.5, 0.6) is 0 Å². The summed E-state index contributed by atoms with van der Waals surface area (Å²) < 4.78 is 5.50. The number of rotatable bonds is 0. The molecule has 3 heteroatoms. The minimum absolute atomic E-state index is 0.0417. The van der Waals surface area contributed by atoms with Gasteiger partial charge in [-0.3, -0.25) is 0 Å². The summed E-state index contributed by atoms with van der Waals surface area (Å²) in [6, 6.07) is 0.277. The van der Waals surface area contributed by atoms with Gasteiger partial charge in [-0.2, -0.15) is 0 Å². The number of nitrogens with two attached hydrogens (primary N) is 1. The maximum atomic E-state index is 5.81. The molecule has 2 heterocycles. The first-order chi connectivity index (χ1) is 4.33. The van der Waals surface area contributed by atoms with Gasteiger partial charge in [-0.15, -0.1) is 0 Å². The monoisotopic (exact) mass is 128 g/mol. The first kappa shape index (κ1) is 5.65. The Kier molecular flexibility index (Phi) is 1.06. The van der Waals surface area contributed by atoms with Crippen molar-refractivity contribution in [1.82, 2.24) is 5.32 Å². The summed E-state index contributed by atoms with van der Waals surface area (Å²) in [5, 5.41) is 3.17. The summed E-state index contributed by atoms with van der Waals surface area (Å²) in [6.45, 7) is 2.76. The lowest BCUT2D eigenvalue weighted by Gasteiger charge is -2.41. The van der Waals surface area contributed by atoms with Crippen LogP contribution in [0.2, 0.25) is 0 Å². The van der Waals surface area contributed by atoms with Gasteiger partial charge in [-0.1, -0.05) is 0 Å². The van der Waals surface area contributed by atoms with E-state index >= 15 is 0 Å². The molecule has 2 aliphatic rings. The lowest BCUT2D eigenvalue weighted by Crippen LogP contribution is -2.66. The van der Waals surface area contributed by atoms with Crippen LogP contribution in [0.3, 0.4) is 0 Å². The molecule has 0 amide bonds. The Morgan fingerprint density at radius 2 is 2.33 bits per heavy atom. The molecule has 2 aliphatic heterocycles. The molecule has 2 fully saturated rings. The highest BCUT2D eigenvalue weighted by Crippen LogP contribution is 2.27. The van der Waals surface area contributed by atoms with Crippen LogP contribution in [0.25, 0.3) is 0 Å². The fourth-order valence-electron chi connectivity index (χ4n) is 1.49. The first-order valence-corrected chi connectivity index (χ1v) is 3.44. The number of ether oxygens (including phenoxy) is 1. The molecule has 1 unspecified atom stereocenters. The van der Waals surface area contributed by atoms with Crippen molar-refractivity contribution in [3.8, 4) is 0 Å². The van der Waals surface area contributed by atoms with Gasteiger partial charge in [0.2, 0.25) is 0 Å². The van der Waals surface area contributed by atoms with Gasteiger partial charge in [0.25, 0.3) is 0 Å². The fraction of sp³-hybridized carbons (Fsp3) is 1.00. The second kappa shape index (κ2) is 1.68. The zero-order valence-corrected chi connectivity index (χ0v) is 5.39. The second-order valence-corrected chi connectivity index (χ2v) is 2.91. The molecule has 0 aromatic rings. The summed E-state index contributed by atoms with van der Waals surface area (Å²) >= 11 is 0. The molecule has 2 rings (SSSR count). The molecule has 0 aliphatic carbocycles. The zero-order valence-electron chi connectivity index (χ0n) is 5.39. The molecule has 0 radical (unpaired) electrons. The van der Waals surface area contributed by atoms with Gasteiger partial charge in [0, 0.05) is 25.7 Å². The van der Waals surface area contributed by atoms with Crippen molar-refractivity contribution >= 4 is 0 Å². The van der Waals surface area contributed by atoms with E-state index in [1.807, 2.05) is 0 Å². The molecular formula is C6H12N2O. The van der Waals surface area contributed by atoms with Crippen molar-refractivity contribution in [2.45, 2.75) is 18.1 Å². The van der Waals surface area contributed by atoms with E-state index in [9.17, 15) is 0 Å². The molecule has 0 bridgehead atoms. The Bertz CT molecular complexity index is 122. The topological polar surface area (TPSA) is 47.3 Å². The Labute approximate surface area is 54.6 Å². The predicted octanol–water partition coefficient (Wildman–Crippen LogP) is -0.924. The third kappa shape index (κ3) is 0.625. The smallest absolute Gasteiger partial charge is 0.108 e. The number of hydrogen-bond acceptors (Lipinski definition) is 3. The summed E-state index contributed by atoms with van der Waals surface area (Å²) in [7, 11) is 0. The van der Waals surface area contributed by atoms with E-state index in [4.69, 9.17) is 10.5 Å². The van der Waals surface area contributed by atoms with E-state index in [-0.39, 0.29) is 11.6 Å². The van der Waals surface area contributed by atoms with Gasteiger partial charge in [0.05, 0.1) is 0 Å². The molecule has 3 N–H and O–H groups in total. The Balaban J connectivity index is 2.09. The summed E-state index contributed by atoms with van der Waals surface area (Å²) in [5.41, 5.74) is 5.85. The predicted molar refractivity (Wildman–Crippen MR) is 34.1 cm³/mol. The van der Waals surface area contributed by atoms with Gasteiger partial charge >= 0.3 is 0 Å². The molecule has 3 nitrogen and oxygen atoms in total. The minimum atomic E-state index is 0.0417. The first-order valence-electron chi connectivity index (χ1n) is 3.44. The molecule has 1 spiro atoms. The molecule has 0 aromatic carbocycles. The maximum Gasteiger partial charge on any atom is 0.108 e. The zero-order chi connectivity index (χ0) is 6.32. The van der Waals surface area contributed by atoms with Gasteiger partial charge < -0.3 is 15.8 Å². The van der Waals surface area contributed by atoms with Crippen LogP contribution in [-0.2, 0) is 4.74 Å². The summed E-state index contributed by atoms with van der Waals surface area (Å²) in [6.07, 6.45) is 1.03. The fourth-order valence-corrected chi connectivity index (χ4v) is 1.49. The largest absolute Gasteiger partial charge is 0.371 e. The Morgan fingerprint density at radius 3 is 2.56 bits per heavy atom. The SMILES string of the molecule is NC1CCOC12CNC2. The van der Waals surface area contributed by atoms with Crippen LogP contribution in [0, 0.1) is 0 Å². The van der Waals surface area contributed by atoms with Crippen LogP contribution in [0.4, 0.5) is 0 Å². The van der Waals surface area contributed by atoms with Crippen molar-refractivity contribution in [2.75, 3.05) is 19.7 Å². The minimum Gasteiger partial charge on any atom is -0.371 e. The van der Waals surface area contributed by atoms with Crippen molar-refractivity contribution in [2.24, 2.45) is 5.73 Å². The molecular weight excluding hydrogens is 116 g/mol. The van der Waals surface area contributed by atoms with E-state index in [0.29, 0.717) is 0 Å². The lowest BCUT2D eigenvalue weighted by molar-refractivity contribution is -0.0440. The summed E-state index contributed by atoms with van der Waals surface area (Å²) in [5.74, 6) is 0. The van der Waals surface area contributed by atoms with Gasteiger partial charge in [0.1, 0.15) is 5.60 Å². The average Bonchev–Trinajstić information content (AvgIpc) is 2.07. The number of nitrogens with one attached hydrogen (secondary N) is 1. The van der Waals surface area contributed by atoms with E-state index in [1.54, 1.807) is 0 Å². The lowest BCUT2D eigenvalue weighted by atomic mass is 9.89. The average molecular weight is 128 g/mol. The molecule has 52 valence electrons. The normalized spacial score (nSPS) is 39.0. The highest BCUT2D eigenvalue weighted by molar-refractivity contribution is 5.05. The van der Waals surface area contributed by atoms with E-state index < -0.39 is 0 Å². The van der Waals surface area contributed by atoms with Crippen LogP contribution < -0.4 is 11.1 Å². The third-order valence-corrected chi connectivity index (χ3v) is 2.34. The number of hydrogen-bond donors (Lipinski definition) is 2. The van der Waals surface area contributed by atoms with E-state index in [0.717, 1.165) is 26.1 Å². The van der Waals surface area contributed by atoms with Crippen molar-refractivity contribution in [1.29, 1.82) is 0 Å². The summed E-state index contributed by atoms with van der Waals surface area (Å²) in [4.78, 5) is 0. The third-order valence-electron chi connectivity index (χ3n) is 2.34. The van der Waals surface area contributed by atoms with Crippen LogP contribution in [-0.4, -0.2) is 31.3 Å². The highest BCUT2D eigenvalue weighted by Gasteiger charge is 2.47. The second-order valence-electron chi connectivity index (χ2n) is 2.91. The van der Waals surface area contributed by atoms with E-state index in [1.165, 1.54) is 0 Å². The Hall–Kier alpha value is -0.120. The van der Waals surface area contributed by atoms with Gasteiger partial charge in [0.15, 0.2) is 0 Å². The van der Waals surface area contributed by atoms with Crippen LogP contribution in [0.1, 0.15) is 6.42 Å². The molecule has 1 atom stereocenters. The van der Waals surface area contributed by atoms with E-state index in [2.05, 4.69) is 5.32 Å². The standard InChI is InChI=1S/C6H12N2O/c7-5-1-2-9-6(5)3-8-4-6/h5,8H,1-4,7H2. The van der Waals surface area contributed by atoms with Crippen LogP contribution >= 0.6 is 0 Å². The van der Waals surface area contributed by atoms with Crippen molar-refractivity contribution < 1.29 is 4.74 Å². The molecule has 0 aromatic heterocycles. The molecule has 0 saturated carbocycles. The Morgan fingerprint density at radius 1 is 1.56 bits per heavy atom. The highest BCUT2D eigenvalue weighted by atomic mass is 16.5. The van der Waals surface area contributed by atoms with Gasteiger partial charge in [-0.05, 0) is 6.42 Å². The van der Waals surface area contributed by atoms with Crippen LogP contribution in [0.15, 0.2) is 0 Å². The molecule has 9 heavy (non-hydrogen) atoms. The quantitative estimate of drug-likeness (QED) is 0.443. The maximum absolute atomic E-state index is 5.81. The van der Waals surface area contributed by atoms with Crippen molar-refractivity contribution in [3.63, 3.8) is 0 Å². The van der Waals surface area contributed by atoms with Gasteiger partial charge in [-0.25, -0.2) is 0 Å².